The van der Waals surface area contributed by atoms with E-state index in [9.17, 15) is 0 Å². The smallest absolute Gasteiger partial charge is 0.191 e. The number of nitrogens with one attached hydrogen (secondary N) is 2. The lowest BCUT2D eigenvalue weighted by Gasteiger charge is -2.11. The maximum Gasteiger partial charge on any atom is 0.191 e. The molecule has 2 aromatic rings. The lowest BCUT2D eigenvalue weighted by Crippen LogP contribution is -2.38. The van der Waals surface area contributed by atoms with Gasteiger partial charge < -0.3 is 10.6 Å². The molecule has 0 saturated carbocycles. The first-order valence-electron chi connectivity index (χ1n) is 7.75. The Morgan fingerprint density at radius 2 is 2.00 bits per heavy atom. The summed E-state index contributed by atoms with van der Waals surface area (Å²) in [6, 6.07) is 12.4. The van der Waals surface area contributed by atoms with Crippen LogP contribution in [0.2, 0.25) is 0 Å². The van der Waals surface area contributed by atoms with Gasteiger partial charge in [-0.1, -0.05) is 30.3 Å². The van der Waals surface area contributed by atoms with E-state index in [0.29, 0.717) is 6.54 Å². The molecule has 1 heterocycles. The highest BCUT2D eigenvalue weighted by Gasteiger charge is 2.00. The quantitative estimate of drug-likeness (QED) is 0.636. The lowest BCUT2D eigenvalue weighted by molar-refractivity contribution is 0.797. The first kappa shape index (κ1) is 16.0. The summed E-state index contributed by atoms with van der Waals surface area (Å²) < 4.78 is 0. The van der Waals surface area contributed by atoms with Crippen molar-refractivity contribution in [3.05, 3.63) is 65.5 Å². The van der Waals surface area contributed by atoms with E-state index in [-0.39, 0.29) is 0 Å². The minimum absolute atomic E-state index is 0.689. The highest BCUT2D eigenvalue weighted by molar-refractivity contribution is 5.79. The summed E-state index contributed by atoms with van der Waals surface area (Å²) in [6.07, 6.45) is 4.63. The molecule has 0 fully saturated rings. The van der Waals surface area contributed by atoms with Crippen LogP contribution in [0.4, 0.5) is 0 Å². The molecule has 0 bridgehead atoms. The average molecular weight is 296 g/mol. The lowest BCUT2D eigenvalue weighted by atomic mass is 10.1. The fourth-order valence-corrected chi connectivity index (χ4v) is 2.16. The fraction of sp³-hybridized carbons (Fsp3) is 0.333. The number of aliphatic imine (C=N–C) groups is 1. The van der Waals surface area contributed by atoms with E-state index in [0.717, 1.165) is 25.5 Å². The second-order valence-corrected chi connectivity index (χ2v) is 5.16. The SMILES string of the molecule is CCNC(=NCc1ccccc1C)NCCc1cccnc1. The predicted octanol–water partition coefficient (Wildman–Crippen LogP) is 2.69. The third-order valence-corrected chi connectivity index (χ3v) is 3.44. The molecular formula is C18H24N4. The van der Waals surface area contributed by atoms with Crippen molar-refractivity contribution in [1.29, 1.82) is 0 Å². The molecule has 0 radical (unpaired) electrons. The Morgan fingerprint density at radius 1 is 1.14 bits per heavy atom. The summed E-state index contributed by atoms with van der Waals surface area (Å²) in [5, 5.41) is 6.65. The predicted molar refractivity (Wildman–Crippen MR) is 91.9 cm³/mol. The molecular weight excluding hydrogens is 272 g/mol. The third-order valence-electron chi connectivity index (χ3n) is 3.44. The molecule has 0 spiro atoms. The molecule has 0 aliphatic carbocycles. The molecule has 0 amide bonds. The van der Waals surface area contributed by atoms with Crippen LogP contribution in [0.3, 0.4) is 0 Å². The number of nitrogens with zero attached hydrogens (tertiary/aromatic N) is 2. The average Bonchev–Trinajstić information content (AvgIpc) is 2.55. The van der Waals surface area contributed by atoms with Crippen LogP contribution in [0, 0.1) is 6.92 Å². The highest BCUT2D eigenvalue weighted by atomic mass is 15.2. The first-order valence-corrected chi connectivity index (χ1v) is 7.75. The van der Waals surface area contributed by atoms with Crippen LogP contribution < -0.4 is 10.6 Å². The molecule has 2 N–H and O–H groups in total. The number of pyridine rings is 1. The number of benzene rings is 1. The molecule has 22 heavy (non-hydrogen) atoms. The Bertz CT molecular complexity index is 593. The van der Waals surface area contributed by atoms with Crippen molar-refractivity contribution in [2.75, 3.05) is 13.1 Å². The molecule has 116 valence electrons. The van der Waals surface area contributed by atoms with Gasteiger partial charge in [-0.2, -0.15) is 0 Å². The summed E-state index contributed by atoms with van der Waals surface area (Å²) in [5.74, 6) is 0.856. The Labute approximate surface area is 132 Å². The number of hydrogen-bond acceptors (Lipinski definition) is 2. The zero-order chi connectivity index (χ0) is 15.6. The molecule has 0 aliphatic heterocycles. The van der Waals surface area contributed by atoms with Gasteiger partial charge in [-0.05, 0) is 43.0 Å². The Kier molecular flexibility index (Phi) is 6.42. The maximum absolute atomic E-state index is 4.65. The van der Waals surface area contributed by atoms with Crippen molar-refractivity contribution >= 4 is 5.96 Å². The number of rotatable bonds is 6. The van der Waals surface area contributed by atoms with Gasteiger partial charge in [-0.3, -0.25) is 4.98 Å². The monoisotopic (exact) mass is 296 g/mol. The van der Waals surface area contributed by atoms with E-state index in [1.165, 1.54) is 16.7 Å². The summed E-state index contributed by atoms with van der Waals surface area (Å²) >= 11 is 0. The number of hydrogen-bond donors (Lipinski definition) is 2. The van der Waals surface area contributed by atoms with Crippen LogP contribution >= 0.6 is 0 Å². The van der Waals surface area contributed by atoms with Crippen molar-refractivity contribution in [2.45, 2.75) is 26.8 Å². The second-order valence-electron chi connectivity index (χ2n) is 5.16. The minimum atomic E-state index is 0.689. The summed E-state index contributed by atoms with van der Waals surface area (Å²) in [6.45, 7) is 6.58. The van der Waals surface area contributed by atoms with Crippen molar-refractivity contribution < 1.29 is 0 Å². The Hall–Kier alpha value is -2.36. The van der Waals surface area contributed by atoms with Crippen molar-refractivity contribution in [2.24, 2.45) is 4.99 Å². The fourth-order valence-electron chi connectivity index (χ4n) is 2.16. The highest BCUT2D eigenvalue weighted by Crippen LogP contribution is 2.07. The van der Waals surface area contributed by atoms with Crippen molar-refractivity contribution in [3.63, 3.8) is 0 Å². The van der Waals surface area contributed by atoms with Gasteiger partial charge >= 0.3 is 0 Å². The molecule has 1 aromatic carbocycles. The van der Waals surface area contributed by atoms with Gasteiger partial charge in [0.2, 0.25) is 0 Å². The molecule has 4 heteroatoms. The van der Waals surface area contributed by atoms with Crippen LogP contribution in [-0.4, -0.2) is 24.0 Å². The van der Waals surface area contributed by atoms with E-state index in [1.54, 1.807) is 6.20 Å². The number of aromatic nitrogens is 1. The van der Waals surface area contributed by atoms with E-state index < -0.39 is 0 Å². The van der Waals surface area contributed by atoms with Crippen molar-refractivity contribution in [1.82, 2.24) is 15.6 Å². The van der Waals surface area contributed by atoms with E-state index in [2.05, 4.69) is 64.8 Å². The van der Waals surface area contributed by atoms with Gasteiger partial charge in [0.1, 0.15) is 0 Å². The summed E-state index contributed by atoms with van der Waals surface area (Å²) in [7, 11) is 0. The van der Waals surface area contributed by atoms with Crippen LogP contribution in [-0.2, 0) is 13.0 Å². The largest absolute Gasteiger partial charge is 0.357 e. The molecule has 1 aromatic heterocycles. The first-order chi connectivity index (χ1) is 10.8. The third kappa shape index (κ3) is 5.20. The van der Waals surface area contributed by atoms with E-state index in [1.807, 2.05) is 12.3 Å². The van der Waals surface area contributed by atoms with Crippen LogP contribution in [0.5, 0.6) is 0 Å². The zero-order valence-corrected chi connectivity index (χ0v) is 13.3. The van der Waals surface area contributed by atoms with Gasteiger partial charge in [0, 0.05) is 25.5 Å². The van der Waals surface area contributed by atoms with E-state index >= 15 is 0 Å². The van der Waals surface area contributed by atoms with Gasteiger partial charge in [-0.25, -0.2) is 4.99 Å². The summed E-state index contributed by atoms with van der Waals surface area (Å²) in [5.41, 5.74) is 3.76. The van der Waals surface area contributed by atoms with Gasteiger partial charge in [-0.15, -0.1) is 0 Å². The molecule has 0 aliphatic rings. The Balaban J connectivity index is 1.89. The van der Waals surface area contributed by atoms with Crippen LogP contribution in [0.15, 0.2) is 53.8 Å². The molecule has 0 unspecified atom stereocenters. The second kappa shape index (κ2) is 8.82. The summed E-state index contributed by atoms with van der Waals surface area (Å²) in [4.78, 5) is 8.79. The molecule has 4 nitrogen and oxygen atoms in total. The minimum Gasteiger partial charge on any atom is -0.357 e. The van der Waals surface area contributed by atoms with Gasteiger partial charge in [0.05, 0.1) is 6.54 Å². The standard InChI is InChI=1S/C18H24N4/c1-3-20-18(21-12-10-16-8-6-11-19-13-16)22-14-17-9-5-4-7-15(17)2/h4-9,11,13H,3,10,12,14H2,1-2H3,(H2,20,21,22). The number of guanidine groups is 1. The van der Waals surface area contributed by atoms with Crippen LogP contribution in [0.1, 0.15) is 23.6 Å². The zero-order valence-electron chi connectivity index (χ0n) is 13.3. The van der Waals surface area contributed by atoms with E-state index in [4.69, 9.17) is 0 Å². The number of aryl methyl sites for hydroxylation is 1. The topological polar surface area (TPSA) is 49.3 Å². The van der Waals surface area contributed by atoms with Crippen LogP contribution in [0.25, 0.3) is 0 Å². The molecule has 2 rings (SSSR count). The molecule has 0 atom stereocenters. The Morgan fingerprint density at radius 3 is 2.73 bits per heavy atom. The maximum atomic E-state index is 4.65. The van der Waals surface area contributed by atoms with Gasteiger partial charge in [0.15, 0.2) is 5.96 Å². The normalized spacial score (nSPS) is 11.3. The van der Waals surface area contributed by atoms with Gasteiger partial charge in [0.25, 0.3) is 0 Å². The molecule has 0 saturated heterocycles. The van der Waals surface area contributed by atoms with Crippen molar-refractivity contribution in [3.8, 4) is 0 Å².